The van der Waals surface area contributed by atoms with E-state index in [4.69, 9.17) is 16.3 Å². The molecule has 1 rings (SSSR count). The molecule has 1 N–H and O–H groups in total. The summed E-state index contributed by atoms with van der Waals surface area (Å²) in [4.78, 5) is 0. The summed E-state index contributed by atoms with van der Waals surface area (Å²) in [5, 5.41) is 11.0. The van der Waals surface area contributed by atoms with Crippen LogP contribution >= 0.6 is 11.6 Å². The average Bonchev–Trinajstić information content (AvgIpc) is 2.28. The third kappa shape index (κ3) is 2.50. The summed E-state index contributed by atoms with van der Waals surface area (Å²) < 4.78 is 5.15. The van der Waals surface area contributed by atoms with Gasteiger partial charge in [-0.2, -0.15) is 0 Å². The lowest BCUT2D eigenvalue weighted by Gasteiger charge is -2.30. The van der Waals surface area contributed by atoms with E-state index in [1.165, 1.54) is 0 Å². The van der Waals surface area contributed by atoms with Crippen molar-refractivity contribution in [1.29, 1.82) is 0 Å². The van der Waals surface area contributed by atoms with E-state index in [9.17, 15) is 5.11 Å². The normalized spacial score (nSPS) is 16.6. The first-order valence-corrected chi connectivity index (χ1v) is 5.87. The highest BCUT2D eigenvalue weighted by Gasteiger charge is 2.29. The lowest BCUT2D eigenvalue weighted by Crippen LogP contribution is -2.29. The van der Waals surface area contributed by atoms with Crippen LogP contribution in [0.5, 0.6) is 5.75 Å². The van der Waals surface area contributed by atoms with Gasteiger partial charge in [-0.3, -0.25) is 0 Å². The Balaban J connectivity index is 3.13. The predicted molar refractivity (Wildman–Crippen MR) is 67.0 cm³/mol. The van der Waals surface area contributed by atoms with Crippen LogP contribution in [0.1, 0.15) is 32.8 Å². The molecule has 2 unspecified atom stereocenters. The third-order valence-corrected chi connectivity index (χ3v) is 3.62. The molecule has 90 valence electrons. The topological polar surface area (TPSA) is 29.5 Å². The number of rotatable bonds is 4. The molecule has 0 radical (unpaired) electrons. The molecule has 0 fully saturated rings. The van der Waals surface area contributed by atoms with Gasteiger partial charge in [0, 0.05) is 0 Å². The molecule has 0 bridgehead atoms. The zero-order valence-electron chi connectivity index (χ0n) is 10.2. The highest BCUT2D eigenvalue weighted by Crippen LogP contribution is 2.35. The summed E-state index contributed by atoms with van der Waals surface area (Å²) in [6.45, 7) is 5.91. The Morgan fingerprint density at radius 3 is 2.62 bits per heavy atom. The van der Waals surface area contributed by atoms with Crippen molar-refractivity contribution in [2.75, 3.05) is 7.11 Å². The van der Waals surface area contributed by atoms with Gasteiger partial charge in [-0.1, -0.05) is 37.9 Å². The van der Waals surface area contributed by atoms with Crippen LogP contribution in [0.15, 0.2) is 18.2 Å². The number of aliphatic hydroxyl groups is 1. The van der Waals surface area contributed by atoms with Crippen LogP contribution in [-0.2, 0) is 5.60 Å². The third-order valence-electron chi connectivity index (χ3n) is 3.31. The number of ether oxygens (including phenoxy) is 1. The van der Waals surface area contributed by atoms with E-state index in [-0.39, 0.29) is 5.92 Å². The van der Waals surface area contributed by atoms with Gasteiger partial charge in [0.05, 0.1) is 17.7 Å². The summed E-state index contributed by atoms with van der Waals surface area (Å²) in [6, 6.07) is 5.40. The molecule has 0 heterocycles. The maximum atomic E-state index is 10.5. The fourth-order valence-electron chi connectivity index (χ4n) is 1.66. The van der Waals surface area contributed by atoms with Gasteiger partial charge in [-0.15, -0.1) is 0 Å². The Labute approximate surface area is 102 Å². The Hall–Kier alpha value is -0.730. The number of hydrogen-bond acceptors (Lipinski definition) is 2. The van der Waals surface area contributed by atoms with Crippen LogP contribution in [0.4, 0.5) is 0 Å². The van der Waals surface area contributed by atoms with Gasteiger partial charge in [0.25, 0.3) is 0 Å². The van der Waals surface area contributed by atoms with Crippen molar-refractivity contribution in [1.82, 2.24) is 0 Å². The Bertz CT molecular complexity index is 361. The molecular formula is C13H19ClO2. The van der Waals surface area contributed by atoms with Crippen molar-refractivity contribution in [3.8, 4) is 5.75 Å². The first-order chi connectivity index (χ1) is 7.43. The summed E-state index contributed by atoms with van der Waals surface area (Å²) in [7, 11) is 1.57. The molecule has 2 atom stereocenters. The molecule has 0 spiro atoms. The van der Waals surface area contributed by atoms with Crippen molar-refractivity contribution >= 4 is 11.6 Å². The smallest absolute Gasteiger partial charge is 0.137 e. The lowest BCUT2D eigenvalue weighted by atomic mass is 9.82. The highest BCUT2D eigenvalue weighted by atomic mass is 35.5. The van der Waals surface area contributed by atoms with Gasteiger partial charge in [-0.05, 0) is 30.5 Å². The molecule has 0 amide bonds. The fraction of sp³-hybridized carbons (Fsp3) is 0.538. The quantitative estimate of drug-likeness (QED) is 0.874. The van der Waals surface area contributed by atoms with Crippen LogP contribution in [0.2, 0.25) is 5.02 Å². The molecule has 2 nitrogen and oxygen atoms in total. The molecule has 0 saturated heterocycles. The van der Waals surface area contributed by atoms with Gasteiger partial charge in [0.15, 0.2) is 0 Å². The highest BCUT2D eigenvalue weighted by molar-refractivity contribution is 6.32. The first kappa shape index (κ1) is 13.3. The maximum Gasteiger partial charge on any atom is 0.137 e. The van der Waals surface area contributed by atoms with E-state index in [0.29, 0.717) is 10.8 Å². The van der Waals surface area contributed by atoms with Crippen molar-refractivity contribution in [2.24, 2.45) is 5.92 Å². The van der Waals surface area contributed by atoms with Crippen LogP contribution in [0.25, 0.3) is 0 Å². The van der Waals surface area contributed by atoms with Crippen molar-refractivity contribution in [3.63, 3.8) is 0 Å². The van der Waals surface area contributed by atoms with Crippen LogP contribution in [-0.4, -0.2) is 12.2 Å². The van der Waals surface area contributed by atoms with E-state index in [1.807, 2.05) is 19.9 Å². The SMILES string of the molecule is CCC(C)C(C)(O)c1ccc(Cl)c(OC)c1. The van der Waals surface area contributed by atoms with Crippen molar-refractivity contribution in [2.45, 2.75) is 32.8 Å². The predicted octanol–water partition coefficient (Wildman–Crippen LogP) is 3.60. The van der Waals surface area contributed by atoms with Crippen molar-refractivity contribution < 1.29 is 9.84 Å². The second kappa shape index (κ2) is 5.07. The molecule has 1 aromatic rings. The monoisotopic (exact) mass is 242 g/mol. The Kier molecular flexibility index (Phi) is 4.22. The van der Waals surface area contributed by atoms with E-state index >= 15 is 0 Å². The maximum absolute atomic E-state index is 10.5. The van der Waals surface area contributed by atoms with E-state index in [1.54, 1.807) is 19.2 Å². The lowest BCUT2D eigenvalue weighted by molar-refractivity contribution is -0.000141. The molecule has 0 aliphatic carbocycles. The zero-order valence-corrected chi connectivity index (χ0v) is 11.0. The molecule has 0 aliphatic heterocycles. The average molecular weight is 243 g/mol. The minimum atomic E-state index is -0.855. The van der Waals surface area contributed by atoms with E-state index in [2.05, 4.69) is 6.92 Å². The number of halogens is 1. The molecule has 0 saturated carbocycles. The first-order valence-electron chi connectivity index (χ1n) is 5.49. The summed E-state index contributed by atoms with van der Waals surface area (Å²) in [5.74, 6) is 0.779. The van der Waals surface area contributed by atoms with Gasteiger partial charge in [0.1, 0.15) is 5.75 Å². The van der Waals surface area contributed by atoms with Crippen LogP contribution in [0.3, 0.4) is 0 Å². The van der Waals surface area contributed by atoms with Gasteiger partial charge in [0.2, 0.25) is 0 Å². The summed E-state index contributed by atoms with van der Waals surface area (Å²) in [5.41, 5.74) is -0.0183. The zero-order chi connectivity index (χ0) is 12.3. The van der Waals surface area contributed by atoms with E-state index in [0.717, 1.165) is 12.0 Å². The Morgan fingerprint density at radius 1 is 1.50 bits per heavy atom. The summed E-state index contributed by atoms with van der Waals surface area (Å²) >= 11 is 5.95. The molecule has 16 heavy (non-hydrogen) atoms. The minimum Gasteiger partial charge on any atom is -0.495 e. The number of benzene rings is 1. The number of methoxy groups -OCH3 is 1. The molecule has 1 aromatic carbocycles. The number of hydrogen-bond donors (Lipinski definition) is 1. The van der Waals surface area contributed by atoms with Gasteiger partial charge < -0.3 is 9.84 Å². The minimum absolute atomic E-state index is 0.179. The Morgan fingerprint density at radius 2 is 2.12 bits per heavy atom. The molecular weight excluding hydrogens is 224 g/mol. The second-order valence-electron chi connectivity index (χ2n) is 4.31. The molecule has 0 aliphatic rings. The second-order valence-corrected chi connectivity index (χ2v) is 4.71. The van der Waals surface area contributed by atoms with E-state index < -0.39 is 5.60 Å². The largest absolute Gasteiger partial charge is 0.495 e. The fourth-order valence-corrected chi connectivity index (χ4v) is 1.85. The standard InChI is InChI=1S/C13H19ClO2/c1-5-9(2)13(3,15)10-6-7-11(14)12(8-10)16-4/h6-9,15H,5H2,1-4H3. The van der Waals surface area contributed by atoms with Gasteiger partial charge in [-0.25, -0.2) is 0 Å². The van der Waals surface area contributed by atoms with Crippen LogP contribution in [0, 0.1) is 5.92 Å². The van der Waals surface area contributed by atoms with Crippen LogP contribution < -0.4 is 4.74 Å². The summed E-state index contributed by atoms with van der Waals surface area (Å²) in [6.07, 6.45) is 0.915. The molecule has 0 aromatic heterocycles. The van der Waals surface area contributed by atoms with Crippen molar-refractivity contribution in [3.05, 3.63) is 28.8 Å². The molecule has 3 heteroatoms. The van der Waals surface area contributed by atoms with Gasteiger partial charge >= 0.3 is 0 Å².